The fourth-order valence-corrected chi connectivity index (χ4v) is 1.94. The van der Waals surface area contributed by atoms with Crippen molar-refractivity contribution in [3.63, 3.8) is 0 Å². The van der Waals surface area contributed by atoms with E-state index in [2.05, 4.69) is 0 Å². The summed E-state index contributed by atoms with van der Waals surface area (Å²) in [5.74, 6) is 1.63. The van der Waals surface area contributed by atoms with Crippen LogP contribution in [0.15, 0.2) is 42.5 Å². The first-order valence-corrected chi connectivity index (χ1v) is 6.30. The van der Waals surface area contributed by atoms with E-state index in [1.54, 1.807) is 0 Å². The average molecular weight is 262 g/mol. The van der Waals surface area contributed by atoms with Crippen molar-refractivity contribution in [2.75, 3.05) is 6.54 Å². The van der Waals surface area contributed by atoms with Crippen molar-refractivity contribution < 1.29 is 4.74 Å². The van der Waals surface area contributed by atoms with Crippen LogP contribution in [0, 0.1) is 6.92 Å². The molecule has 0 aliphatic carbocycles. The monoisotopic (exact) mass is 261 g/mol. The number of hydrogen-bond donors (Lipinski definition) is 1. The van der Waals surface area contributed by atoms with Crippen molar-refractivity contribution >= 4 is 11.6 Å². The molecule has 0 aliphatic rings. The minimum atomic E-state index is 0.589. The van der Waals surface area contributed by atoms with Crippen LogP contribution in [-0.2, 0) is 6.42 Å². The molecule has 0 atom stereocenters. The molecule has 0 aromatic heterocycles. The van der Waals surface area contributed by atoms with Gasteiger partial charge < -0.3 is 10.5 Å². The number of halogens is 1. The first-order chi connectivity index (χ1) is 8.70. The first kappa shape index (κ1) is 12.9. The third-order valence-electron chi connectivity index (χ3n) is 2.76. The maximum absolute atomic E-state index is 6.01. The minimum absolute atomic E-state index is 0.589. The lowest BCUT2D eigenvalue weighted by molar-refractivity contribution is 0.472. The summed E-state index contributed by atoms with van der Waals surface area (Å²) in [5.41, 5.74) is 7.77. The number of ether oxygens (including phenoxy) is 1. The second-order valence-corrected chi connectivity index (χ2v) is 4.59. The number of hydrogen-bond acceptors (Lipinski definition) is 2. The van der Waals surface area contributed by atoms with Crippen LogP contribution in [0.1, 0.15) is 11.1 Å². The lowest BCUT2D eigenvalue weighted by Gasteiger charge is -2.12. The summed E-state index contributed by atoms with van der Waals surface area (Å²) in [6.45, 7) is 2.61. The predicted octanol–water partition coefficient (Wildman–Crippen LogP) is 3.94. The molecule has 94 valence electrons. The van der Waals surface area contributed by atoms with Crippen molar-refractivity contribution in [2.24, 2.45) is 5.73 Å². The molecule has 0 saturated carbocycles. The lowest BCUT2D eigenvalue weighted by Crippen LogP contribution is -2.04. The zero-order valence-electron chi connectivity index (χ0n) is 10.3. The van der Waals surface area contributed by atoms with Gasteiger partial charge in [0.15, 0.2) is 0 Å². The van der Waals surface area contributed by atoms with Gasteiger partial charge in [0.2, 0.25) is 0 Å². The van der Waals surface area contributed by atoms with Crippen molar-refractivity contribution in [2.45, 2.75) is 13.3 Å². The Hall–Kier alpha value is -1.51. The number of nitrogens with two attached hydrogens (primary N) is 1. The fourth-order valence-electron chi connectivity index (χ4n) is 1.77. The van der Waals surface area contributed by atoms with Gasteiger partial charge in [-0.05, 0) is 49.2 Å². The smallest absolute Gasteiger partial charge is 0.132 e. The molecule has 3 heteroatoms. The summed E-state index contributed by atoms with van der Waals surface area (Å²) in [4.78, 5) is 0. The Morgan fingerprint density at radius 2 is 1.89 bits per heavy atom. The third kappa shape index (κ3) is 3.03. The van der Waals surface area contributed by atoms with Gasteiger partial charge in [-0.2, -0.15) is 0 Å². The molecular weight excluding hydrogens is 246 g/mol. The Morgan fingerprint density at radius 1 is 1.11 bits per heavy atom. The van der Waals surface area contributed by atoms with Crippen LogP contribution in [0.2, 0.25) is 5.02 Å². The maximum atomic E-state index is 6.01. The number of benzene rings is 2. The number of aryl methyl sites for hydroxylation is 1. The second-order valence-electron chi connectivity index (χ2n) is 4.16. The molecule has 0 amide bonds. The highest BCUT2D eigenvalue weighted by Crippen LogP contribution is 2.30. The van der Waals surface area contributed by atoms with Gasteiger partial charge in [-0.25, -0.2) is 0 Å². The van der Waals surface area contributed by atoms with Crippen molar-refractivity contribution in [3.8, 4) is 11.5 Å². The van der Waals surface area contributed by atoms with Crippen LogP contribution in [-0.4, -0.2) is 6.54 Å². The summed E-state index contributed by atoms with van der Waals surface area (Å²) in [6.07, 6.45) is 0.776. The predicted molar refractivity (Wildman–Crippen MR) is 75.5 cm³/mol. The molecule has 0 saturated heterocycles. The summed E-state index contributed by atoms with van der Waals surface area (Å²) < 4.78 is 5.93. The van der Waals surface area contributed by atoms with E-state index in [0.29, 0.717) is 11.6 Å². The molecule has 0 unspecified atom stereocenters. The van der Waals surface area contributed by atoms with Crippen LogP contribution < -0.4 is 10.5 Å². The molecule has 2 aromatic rings. The van der Waals surface area contributed by atoms with Gasteiger partial charge in [-0.3, -0.25) is 0 Å². The quantitative estimate of drug-likeness (QED) is 0.905. The van der Waals surface area contributed by atoms with Crippen molar-refractivity contribution in [3.05, 3.63) is 58.6 Å². The molecule has 2 rings (SSSR count). The largest absolute Gasteiger partial charge is 0.457 e. The van der Waals surface area contributed by atoms with E-state index in [1.165, 1.54) is 0 Å². The highest BCUT2D eigenvalue weighted by Gasteiger charge is 2.07. The highest BCUT2D eigenvalue weighted by molar-refractivity contribution is 6.30. The fraction of sp³-hybridized carbons (Fsp3) is 0.200. The van der Waals surface area contributed by atoms with E-state index < -0.39 is 0 Å². The zero-order chi connectivity index (χ0) is 13.0. The van der Waals surface area contributed by atoms with Crippen LogP contribution in [0.5, 0.6) is 11.5 Å². The second kappa shape index (κ2) is 5.89. The highest BCUT2D eigenvalue weighted by atomic mass is 35.5. The molecule has 2 nitrogen and oxygen atoms in total. The molecule has 2 N–H and O–H groups in total. The minimum Gasteiger partial charge on any atom is -0.457 e. The van der Waals surface area contributed by atoms with Gasteiger partial charge in [0.05, 0.1) is 0 Å². The van der Waals surface area contributed by atoms with E-state index in [1.807, 2.05) is 49.4 Å². The molecule has 0 fully saturated rings. The van der Waals surface area contributed by atoms with E-state index in [0.717, 1.165) is 29.0 Å². The summed E-state index contributed by atoms with van der Waals surface area (Å²) in [6, 6.07) is 13.6. The lowest BCUT2D eigenvalue weighted by atomic mass is 10.1. The Bertz CT molecular complexity index is 540. The van der Waals surface area contributed by atoms with Gasteiger partial charge >= 0.3 is 0 Å². The topological polar surface area (TPSA) is 35.2 Å². The summed E-state index contributed by atoms with van der Waals surface area (Å²) in [7, 11) is 0. The van der Waals surface area contributed by atoms with Crippen LogP contribution in [0.4, 0.5) is 0 Å². The Balaban J connectivity index is 2.33. The molecule has 18 heavy (non-hydrogen) atoms. The molecule has 0 aliphatic heterocycles. The first-order valence-electron chi connectivity index (χ1n) is 5.92. The van der Waals surface area contributed by atoms with Crippen LogP contribution in [0.3, 0.4) is 0 Å². The summed E-state index contributed by atoms with van der Waals surface area (Å²) in [5, 5.41) is 0.666. The third-order valence-corrected chi connectivity index (χ3v) is 2.99. The Labute approximate surface area is 112 Å². The van der Waals surface area contributed by atoms with E-state index in [4.69, 9.17) is 22.1 Å². The normalized spacial score (nSPS) is 10.4. The molecular formula is C15H16ClNO. The van der Waals surface area contributed by atoms with Crippen LogP contribution >= 0.6 is 11.6 Å². The van der Waals surface area contributed by atoms with Crippen molar-refractivity contribution in [1.82, 2.24) is 0 Å². The summed E-state index contributed by atoms with van der Waals surface area (Å²) >= 11 is 6.01. The van der Waals surface area contributed by atoms with Gasteiger partial charge in [0.1, 0.15) is 11.5 Å². The van der Waals surface area contributed by atoms with Gasteiger partial charge in [-0.15, -0.1) is 0 Å². The van der Waals surface area contributed by atoms with Gasteiger partial charge in [-0.1, -0.05) is 35.9 Å². The average Bonchev–Trinajstić information content (AvgIpc) is 2.36. The standard InChI is InChI=1S/C15H16ClNO/c1-11-4-2-3-5-14(11)18-15-10-13(16)7-6-12(15)8-9-17/h2-7,10H,8-9,17H2,1H3. The Kier molecular flexibility index (Phi) is 4.24. The Morgan fingerprint density at radius 3 is 2.61 bits per heavy atom. The van der Waals surface area contributed by atoms with Crippen molar-refractivity contribution in [1.29, 1.82) is 0 Å². The van der Waals surface area contributed by atoms with E-state index >= 15 is 0 Å². The number of para-hydroxylation sites is 1. The zero-order valence-corrected chi connectivity index (χ0v) is 11.1. The molecule has 0 radical (unpaired) electrons. The number of rotatable bonds is 4. The molecule has 0 heterocycles. The van der Waals surface area contributed by atoms with Gasteiger partial charge in [0, 0.05) is 5.02 Å². The molecule has 2 aromatic carbocycles. The van der Waals surface area contributed by atoms with Gasteiger partial charge in [0.25, 0.3) is 0 Å². The SMILES string of the molecule is Cc1ccccc1Oc1cc(Cl)ccc1CCN. The van der Waals surface area contributed by atoms with Crippen LogP contribution in [0.25, 0.3) is 0 Å². The molecule has 0 spiro atoms. The van der Waals surface area contributed by atoms with E-state index in [-0.39, 0.29) is 0 Å². The maximum Gasteiger partial charge on any atom is 0.132 e. The molecule has 0 bridgehead atoms. The van der Waals surface area contributed by atoms with E-state index in [9.17, 15) is 0 Å².